The van der Waals surface area contributed by atoms with Crippen LogP contribution in [0.3, 0.4) is 0 Å². The van der Waals surface area contributed by atoms with E-state index < -0.39 is 0 Å². The molecule has 4 nitrogen and oxygen atoms in total. The summed E-state index contributed by atoms with van der Waals surface area (Å²) in [7, 11) is 0. The van der Waals surface area contributed by atoms with Crippen LogP contribution in [-0.2, 0) is 4.79 Å². The Morgan fingerprint density at radius 2 is 1.82 bits per heavy atom. The third kappa shape index (κ3) is 5.05. The largest absolute Gasteiger partial charge is 0.484 e. The van der Waals surface area contributed by atoms with Crippen molar-refractivity contribution in [3.63, 3.8) is 0 Å². The normalized spacial score (nSPS) is 10.7. The number of hydrazone groups is 1. The number of rotatable bonds is 5. The number of carbonyl (C=O) groups excluding carboxylic acids is 1. The third-order valence-electron chi connectivity index (χ3n) is 3.01. The highest BCUT2D eigenvalue weighted by atomic mass is 16.5. The van der Waals surface area contributed by atoms with E-state index in [9.17, 15) is 4.79 Å². The van der Waals surface area contributed by atoms with E-state index in [1.54, 1.807) is 6.21 Å². The summed E-state index contributed by atoms with van der Waals surface area (Å²) < 4.78 is 5.47. The van der Waals surface area contributed by atoms with E-state index in [0.29, 0.717) is 5.75 Å². The summed E-state index contributed by atoms with van der Waals surface area (Å²) in [5.74, 6) is 0.401. The number of ether oxygens (including phenoxy) is 1. The molecule has 1 N–H and O–H groups in total. The second-order valence-corrected chi connectivity index (χ2v) is 5.32. The highest BCUT2D eigenvalue weighted by Crippen LogP contribution is 2.15. The van der Waals surface area contributed by atoms with Crippen molar-refractivity contribution in [2.24, 2.45) is 5.10 Å². The Labute approximate surface area is 130 Å². The summed E-state index contributed by atoms with van der Waals surface area (Å²) in [5.41, 5.74) is 6.75. The van der Waals surface area contributed by atoms with Gasteiger partial charge in [-0.15, -0.1) is 0 Å². The molecule has 2 rings (SSSR count). The van der Waals surface area contributed by atoms with Crippen LogP contribution in [0.4, 0.5) is 0 Å². The van der Waals surface area contributed by atoms with Gasteiger partial charge in [0, 0.05) is 0 Å². The van der Waals surface area contributed by atoms with Gasteiger partial charge in [0.15, 0.2) is 6.61 Å². The first kappa shape index (κ1) is 15.8. The van der Waals surface area contributed by atoms with Crippen molar-refractivity contribution in [3.8, 4) is 5.75 Å². The number of aryl methyl sites for hydroxylation is 3. The lowest BCUT2D eigenvalue weighted by molar-refractivity contribution is -0.123. The molecule has 0 saturated carbocycles. The quantitative estimate of drug-likeness (QED) is 0.680. The van der Waals surface area contributed by atoms with Gasteiger partial charge in [0.1, 0.15) is 5.75 Å². The molecule has 0 fully saturated rings. The van der Waals surface area contributed by atoms with Gasteiger partial charge >= 0.3 is 0 Å². The maximum Gasteiger partial charge on any atom is 0.277 e. The van der Waals surface area contributed by atoms with Crippen LogP contribution < -0.4 is 10.2 Å². The van der Waals surface area contributed by atoms with Crippen LogP contribution in [-0.4, -0.2) is 18.7 Å². The second-order valence-electron chi connectivity index (χ2n) is 5.32. The van der Waals surface area contributed by atoms with E-state index in [1.165, 1.54) is 0 Å². The van der Waals surface area contributed by atoms with Gasteiger partial charge in [-0.3, -0.25) is 4.79 Å². The monoisotopic (exact) mass is 296 g/mol. The lowest BCUT2D eigenvalue weighted by Gasteiger charge is -2.07. The molecule has 0 atom stereocenters. The lowest BCUT2D eigenvalue weighted by atomic mass is 10.1. The van der Waals surface area contributed by atoms with E-state index in [4.69, 9.17) is 4.74 Å². The second kappa shape index (κ2) is 7.41. The fourth-order valence-electron chi connectivity index (χ4n) is 2.13. The fourth-order valence-corrected chi connectivity index (χ4v) is 2.13. The van der Waals surface area contributed by atoms with Crippen molar-refractivity contribution < 1.29 is 9.53 Å². The zero-order valence-electron chi connectivity index (χ0n) is 13.1. The molecular weight excluding hydrogens is 276 g/mol. The van der Waals surface area contributed by atoms with Crippen LogP contribution in [0.2, 0.25) is 0 Å². The average molecular weight is 296 g/mol. The Morgan fingerprint density at radius 1 is 1.09 bits per heavy atom. The predicted molar refractivity (Wildman–Crippen MR) is 88.3 cm³/mol. The number of hydrogen-bond donors (Lipinski definition) is 1. The Hall–Kier alpha value is -2.62. The maximum absolute atomic E-state index is 11.7. The highest BCUT2D eigenvalue weighted by molar-refractivity contribution is 5.83. The zero-order chi connectivity index (χ0) is 15.9. The summed E-state index contributed by atoms with van der Waals surface area (Å²) in [6.45, 7) is 5.93. The molecule has 0 radical (unpaired) electrons. The number of benzene rings is 2. The minimum atomic E-state index is -0.289. The van der Waals surface area contributed by atoms with Crippen molar-refractivity contribution in [2.45, 2.75) is 20.8 Å². The number of hydrogen-bond acceptors (Lipinski definition) is 3. The van der Waals surface area contributed by atoms with Crippen molar-refractivity contribution in [2.75, 3.05) is 6.61 Å². The van der Waals surface area contributed by atoms with Gasteiger partial charge in [0.05, 0.1) is 6.21 Å². The van der Waals surface area contributed by atoms with E-state index in [1.807, 2.05) is 57.2 Å². The van der Waals surface area contributed by atoms with Crippen LogP contribution in [0.25, 0.3) is 0 Å². The fraction of sp³-hybridized carbons (Fsp3) is 0.222. The number of nitrogens with zero attached hydrogens (tertiary/aromatic N) is 1. The topological polar surface area (TPSA) is 50.7 Å². The summed E-state index contributed by atoms with van der Waals surface area (Å²) in [5, 5.41) is 3.93. The smallest absolute Gasteiger partial charge is 0.277 e. The number of amides is 1. The first-order valence-corrected chi connectivity index (χ1v) is 7.12. The van der Waals surface area contributed by atoms with Crippen molar-refractivity contribution in [3.05, 3.63) is 64.7 Å². The van der Waals surface area contributed by atoms with Crippen molar-refractivity contribution in [1.82, 2.24) is 5.43 Å². The van der Waals surface area contributed by atoms with E-state index in [2.05, 4.69) is 16.6 Å². The Morgan fingerprint density at radius 3 is 2.50 bits per heavy atom. The van der Waals surface area contributed by atoms with Gasteiger partial charge in [-0.05, 0) is 49.6 Å². The summed E-state index contributed by atoms with van der Waals surface area (Å²) in [4.78, 5) is 11.7. The van der Waals surface area contributed by atoms with E-state index >= 15 is 0 Å². The molecular formula is C18H20N2O2. The molecule has 1 amide bonds. The molecule has 0 unspecified atom stereocenters. The molecule has 0 aliphatic heterocycles. The SMILES string of the molecule is Cc1cccc(/C=N\NC(=O)COc2cc(C)cc(C)c2)c1. The van der Waals surface area contributed by atoms with Gasteiger partial charge in [0.25, 0.3) is 5.91 Å². The van der Waals surface area contributed by atoms with Crippen molar-refractivity contribution in [1.29, 1.82) is 0 Å². The minimum absolute atomic E-state index is 0.0615. The molecule has 0 aliphatic carbocycles. The molecule has 0 bridgehead atoms. The number of carbonyl (C=O) groups is 1. The number of nitrogens with one attached hydrogen (secondary N) is 1. The predicted octanol–water partition coefficient (Wildman–Crippen LogP) is 3.14. The first-order chi connectivity index (χ1) is 10.5. The standard InChI is InChI=1S/C18H20N2O2/c1-13-5-4-6-16(8-13)11-19-20-18(21)12-22-17-9-14(2)7-15(3)10-17/h4-11H,12H2,1-3H3,(H,20,21)/b19-11-. The van der Waals surface area contributed by atoms with Gasteiger partial charge in [0.2, 0.25) is 0 Å². The maximum atomic E-state index is 11.7. The van der Waals surface area contributed by atoms with Gasteiger partial charge in [-0.2, -0.15) is 5.10 Å². The van der Waals surface area contributed by atoms with Gasteiger partial charge in [-0.1, -0.05) is 35.9 Å². The Balaban J connectivity index is 1.83. The molecule has 0 aliphatic rings. The van der Waals surface area contributed by atoms with Gasteiger partial charge < -0.3 is 4.74 Å². The van der Waals surface area contributed by atoms with Crippen LogP contribution >= 0.6 is 0 Å². The molecule has 0 aromatic heterocycles. The molecule has 22 heavy (non-hydrogen) atoms. The summed E-state index contributed by atoms with van der Waals surface area (Å²) in [6.07, 6.45) is 1.61. The minimum Gasteiger partial charge on any atom is -0.484 e. The molecule has 4 heteroatoms. The van der Waals surface area contributed by atoms with Gasteiger partial charge in [-0.25, -0.2) is 5.43 Å². The molecule has 0 saturated heterocycles. The lowest BCUT2D eigenvalue weighted by Crippen LogP contribution is -2.24. The third-order valence-corrected chi connectivity index (χ3v) is 3.01. The molecule has 2 aromatic rings. The van der Waals surface area contributed by atoms with Crippen LogP contribution in [0.1, 0.15) is 22.3 Å². The molecule has 0 spiro atoms. The molecule has 114 valence electrons. The van der Waals surface area contributed by atoms with Crippen molar-refractivity contribution >= 4 is 12.1 Å². The molecule has 2 aromatic carbocycles. The zero-order valence-corrected chi connectivity index (χ0v) is 13.1. The van der Waals surface area contributed by atoms with E-state index in [-0.39, 0.29) is 12.5 Å². The molecule has 0 heterocycles. The Kier molecular flexibility index (Phi) is 5.31. The van der Waals surface area contributed by atoms with Crippen LogP contribution in [0.5, 0.6) is 5.75 Å². The summed E-state index contributed by atoms with van der Waals surface area (Å²) in [6, 6.07) is 13.7. The Bertz CT molecular complexity index is 673. The average Bonchev–Trinajstić information content (AvgIpc) is 2.44. The first-order valence-electron chi connectivity index (χ1n) is 7.12. The highest BCUT2D eigenvalue weighted by Gasteiger charge is 2.02. The van der Waals surface area contributed by atoms with Crippen LogP contribution in [0, 0.1) is 20.8 Å². The van der Waals surface area contributed by atoms with Crippen LogP contribution in [0.15, 0.2) is 47.6 Å². The van der Waals surface area contributed by atoms with E-state index in [0.717, 1.165) is 22.3 Å². The summed E-state index contributed by atoms with van der Waals surface area (Å²) >= 11 is 0.